The number of rotatable bonds is 3. The van der Waals surface area contributed by atoms with E-state index in [1.54, 1.807) is 0 Å². The van der Waals surface area contributed by atoms with Crippen molar-refractivity contribution in [1.82, 2.24) is 14.5 Å². The van der Waals surface area contributed by atoms with E-state index in [-0.39, 0.29) is 0 Å². The fourth-order valence-electron chi connectivity index (χ4n) is 3.34. The zero-order chi connectivity index (χ0) is 15.6. The summed E-state index contributed by atoms with van der Waals surface area (Å²) in [5.41, 5.74) is 4.31. The smallest absolute Gasteiger partial charge is 0.164 e. The van der Waals surface area contributed by atoms with Crippen LogP contribution in [0.5, 0.6) is 0 Å². The maximum atomic E-state index is 5.49. The van der Waals surface area contributed by atoms with Crippen LogP contribution in [0, 0.1) is 12.8 Å². The minimum Gasteiger partial charge on any atom is -0.381 e. The van der Waals surface area contributed by atoms with E-state index in [9.17, 15) is 0 Å². The summed E-state index contributed by atoms with van der Waals surface area (Å²) in [6, 6.07) is 12.5. The van der Waals surface area contributed by atoms with Gasteiger partial charge in [0.2, 0.25) is 0 Å². The van der Waals surface area contributed by atoms with Crippen LogP contribution in [0.1, 0.15) is 24.2 Å². The lowest BCUT2D eigenvalue weighted by Gasteiger charge is -2.22. The van der Waals surface area contributed by atoms with Gasteiger partial charge < -0.3 is 4.74 Å². The Balaban J connectivity index is 1.81. The number of benzene rings is 1. The average Bonchev–Trinajstić information content (AvgIpc) is 2.93. The van der Waals surface area contributed by atoms with Crippen LogP contribution in [0.25, 0.3) is 16.9 Å². The third kappa shape index (κ3) is 2.86. The molecular weight excluding hydrogens is 286 g/mol. The molecular formula is C19H21N3O. The molecule has 0 aliphatic carbocycles. The summed E-state index contributed by atoms with van der Waals surface area (Å²) in [6.45, 7) is 3.86. The van der Waals surface area contributed by atoms with E-state index >= 15 is 0 Å². The third-order valence-corrected chi connectivity index (χ3v) is 4.56. The lowest BCUT2D eigenvalue weighted by Crippen LogP contribution is -2.19. The van der Waals surface area contributed by atoms with E-state index in [1.807, 2.05) is 18.3 Å². The van der Waals surface area contributed by atoms with Crippen LogP contribution in [-0.2, 0) is 11.2 Å². The molecule has 23 heavy (non-hydrogen) atoms. The molecule has 1 aliphatic heterocycles. The molecule has 1 aromatic carbocycles. The number of pyridine rings is 1. The molecule has 3 heterocycles. The topological polar surface area (TPSA) is 39.9 Å². The van der Waals surface area contributed by atoms with Gasteiger partial charge in [0.1, 0.15) is 11.3 Å². The van der Waals surface area contributed by atoms with Crippen molar-refractivity contribution < 1.29 is 4.74 Å². The number of hydrogen-bond donors (Lipinski definition) is 0. The van der Waals surface area contributed by atoms with Crippen molar-refractivity contribution in [3.63, 3.8) is 0 Å². The molecule has 4 nitrogen and oxygen atoms in total. The van der Waals surface area contributed by atoms with Gasteiger partial charge in [0.05, 0.1) is 0 Å². The second-order valence-corrected chi connectivity index (χ2v) is 6.31. The zero-order valence-electron chi connectivity index (χ0n) is 13.4. The number of fused-ring (bicyclic) bond motifs is 1. The first-order valence-electron chi connectivity index (χ1n) is 8.28. The quantitative estimate of drug-likeness (QED) is 0.741. The van der Waals surface area contributed by atoms with E-state index in [4.69, 9.17) is 9.72 Å². The second kappa shape index (κ2) is 6.13. The first-order valence-corrected chi connectivity index (χ1v) is 8.28. The van der Waals surface area contributed by atoms with Gasteiger partial charge in [-0.05, 0) is 55.5 Å². The lowest BCUT2D eigenvalue weighted by atomic mass is 9.96. The Morgan fingerprint density at radius 2 is 2.04 bits per heavy atom. The standard InChI is InChI=1S/C19H21N3O/c1-14-4-2-5-16(12-14)22-18(13-15-7-10-23-11-8-15)21-17-6-3-9-20-19(17)22/h2-6,9,12,15H,7-8,10-11,13H2,1H3. The van der Waals surface area contributed by atoms with Crippen molar-refractivity contribution in [3.8, 4) is 5.69 Å². The fourth-order valence-corrected chi connectivity index (χ4v) is 3.34. The summed E-state index contributed by atoms with van der Waals surface area (Å²) in [7, 11) is 0. The first kappa shape index (κ1) is 14.4. The maximum Gasteiger partial charge on any atom is 0.164 e. The van der Waals surface area contributed by atoms with Crippen molar-refractivity contribution in [3.05, 3.63) is 54.0 Å². The molecule has 4 heteroatoms. The predicted octanol–water partition coefficient (Wildman–Crippen LogP) is 3.70. The molecule has 0 saturated carbocycles. The molecule has 1 saturated heterocycles. The van der Waals surface area contributed by atoms with Crippen molar-refractivity contribution >= 4 is 11.2 Å². The van der Waals surface area contributed by atoms with Crippen molar-refractivity contribution in [2.45, 2.75) is 26.2 Å². The molecule has 0 spiro atoms. The van der Waals surface area contributed by atoms with E-state index in [2.05, 4.69) is 40.7 Å². The summed E-state index contributed by atoms with van der Waals surface area (Å²) in [6.07, 6.45) is 5.05. The molecule has 0 atom stereocenters. The van der Waals surface area contributed by atoms with Crippen LogP contribution in [0.15, 0.2) is 42.6 Å². The van der Waals surface area contributed by atoms with Gasteiger partial charge in [0.15, 0.2) is 5.65 Å². The molecule has 118 valence electrons. The predicted molar refractivity (Wildman–Crippen MR) is 90.8 cm³/mol. The monoisotopic (exact) mass is 307 g/mol. The third-order valence-electron chi connectivity index (χ3n) is 4.56. The number of ether oxygens (including phenoxy) is 1. The van der Waals surface area contributed by atoms with Crippen LogP contribution in [0.4, 0.5) is 0 Å². The van der Waals surface area contributed by atoms with Crippen LogP contribution >= 0.6 is 0 Å². The van der Waals surface area contributed by atoms with Crippen LogP contribution in [0.2, 0.25) is 0 Å². The molecule has 0 amide bonds. The summed E-state index contributed by atoms with van der Waals surface area (Å²) >= 11 is 0. The molecule has 4 rings (SSSR count). The van der Waals surface area contributed by atoms with Gasteiger partial charge >= 0.3 is 0 Å². The van der Waals surface area contributed by atoms with E-state index in [0.717, 1.165) is 55.2 Å². The lowest BCUT2D eigenvalue weighted by molar-refractivity contribution is 0.0659. The number of aryl methyl sites for hydroxylation is 1. The molecule has 0 radical (unpaired) electrons. The highest BCUT2D eigenvalue weighted by atomic mass is 16.5. The van der Waals surface area contributed by atoms with Gasteiger partial charge in [-0.15, -0.1) is 0 Å². The highest BCUT2D eigenvalue weighted by Gasteiger charge is 2.20. The SMILES string of the molecule is Cc1cccc(-n2c(CC3CCOCC3)nc3cccnc32)c1. The Kier molecular flexibility index (Phi) is 3.83. The Bertz CT molecular complexity index is 818. The number of nitrogens with zero attached hydrogens (tertiary/aromatic N) is 3. The molecule has 2 aromatic heterocycles. The minimum atomic E-state index is 0.643. The molecule has 3 aromatic rings. The highest BCUT2D eigenvalue weighted by Crippen LogP contribution is 2.25. The van der Waals surface area contributed by atoms with Crippen LogP contribution in [0.3, 0.4) is 0 Å². The Hall–Kier alpha value is -2.20. The summed E-state index contributed by atoms with van der Waals surface area (Å²) < 4.78 is 7.71. The zero-order valence-corrected chi connectivity index (χ0v) is 13.4. The van der Waals surface area contributed by atoms with Gasteiger partial charge in [-0.1, -0.05) is 12.1 Å². The number of aromatic nitrogens is 3. The largest absolute Gasteiger partial charge is 0.381 e. The number of hydrogen-bond acceptors (Lipinski definition) is 3. The molecule has 1 fully saturated rings. The van der Waals surface area contributed by atoms with Crippen molar-refractivity contribution in [1.29, 1.82) is 0 Å². The Labute approximate surface area is 136 Å². The van der Waals surface area contributed by atoms with E-state index in [0.29, 0.717) is 5.92 Å². The summed E-state index contributed by atoms with van der Waals surface area (Å²) in [5, 5.41) is 0. The molecule has 0 bridgehead atoms. The van der Waals surface area contributed by atoms with Gasteiger partial charge in [-0.25, -0.2) is 9.97 Å². The van der Waals surface area contributed by atoms with Crippen molar-refractivity contribution in [2.24, 2.45) is 5.92 Å². The van der Waals surface area contributed by atoms with Gasteiger partial charge in [0, 0.05) is 31.5 Å². The molecule has 0 unspecified atom stereocenters. The van der Waals surface area contributed by atoms with Gasteiger partial charge in [-0.2, -0.15) is 0 Å². The fraction of sp³-hybridized carbons (Fsp3) is 0.368. The van der Waals surface area contributed by atoms with Crippen LogP contribution < -0.4 is 0 Å². The van der Waals surface area contributed by atoms with Gasteiger partial charge in [0.25, 0.3) is 0 Å². The Morgan fingerprint density at radius 3 is 2.87 bits per heavy atom. The highest BCUT2D eigenvalue weighted by molar-refractivity contribution is 5.73. The molecule has 0 N–H and O–H groups in total. The normalized spacial score (nSPS) is 16.0. The molecule has 1 aliphatic rings. The first-order chi connectivity index (χ1) is 11.3. The second-order valence-electron chi connectivity index (χ2n) is 6.31. The summed E-state index contributed by atoms with van der Waals surface area (Å²) in [4.78, 5) is 9.45. The van der Waals surface area contributed by atoms with E-state index < -0.39 is 0 Å². The Morgan fingerprint density at radius 1 is 1.17 bits per heavy atom. The maximum absolute atomic E-state index is 5.49. The summed E-state index contributed by atoms with van der Waals surface area (Å²) in [5.74, 6) is 1.75. The average molecular weight is 307 g/mol. The minimum absolute atomic E-state index is 0.643. The number of imidazole rings is 1. The van der Waals surface area contributed by atoms with Crippen molar-refractivity contribution in [2.75, 3.05) is 13.2 Å². The van der Waals surface area contributed by atoms with Crippen LogP contribution in [-0.4, -0.2) is 27.7 Å². The van der Waals surface area contributed by atoms with Gasteiger partial charge in [-0.3, -0.25) is 4.57 Å². The van der Waals surface area contributed by atoms with E-state index in [1.165, 1.54) is 5.56 Å².